The van der Waals surface area contributed by atoms with Crippen LogP contribution in [0.2, 0.25) is 0 Å². The number of H-pyrrole nitrogens is 1. The van der Waals surface area contributed by atoms with Gasteiger partial charge in [0.2, 0.25) is 5.91 Å². The zero-order valence-corrected chi connectivity index (χ0v) is 11.3. The van der Waals surface area contributed by atoms with E-state index in [0.29, 0.717) is 16.5 Å². The van der Waals surface area contributed by atoms with Crippen molar-refractivity contribution < 1.29 is 9.18 Å². The number of aromatic nitrogens is 3. The molecular weight excluding hydrogens is 271 g/mol. The van der Waals surface area contributed by atoms with Crippen LogP contribution in [0.1, 0.15) is 18.1 Å². The van der Waals surface area contributed by atoms with Crippen LogP contribution in [-0.4, -0.2) is 21.1 Å². The van der Waals surface area contributed by atoms with E-state index in [1.54, 1.807) is 37.4 Å². The minimum atomic E-state index is -1.30. The van der Waals surface area contributed by atoms with Gasteiger partial charge >= 0.3 is 0 Å². The number of pyridine rings is 1. The van der Waals surface area contributed by atoms with Gasteiger partial charge in [0, 0.05) is 18.0 Å². The minimum absolute atomic E-state index is 0.205. The van der Waals surface area contributed by atoms with Gasteiger partial charge < -0.3 is 5.73 Å². The highest BCUT2D eigenvalue weighted by molar-refractivity contribution is 5.92. The van der Waals surface area contributed by atoms with Crippen molar-refractivity contribution in [2.24, 2.45) is 5.73 Å². The number of hydrogen-bond acceptors (Lipinski definition) is 3. The Balaban J connectivity index is 2.30. The number of rotatable bonds is 3. The Labute approximate surface area is 120 Å². The first-order valence-electron chi connectivity index (χ1n) is 6.37. The summed E-state index contributed by atoms with van der Waals surface area (Å²) in [5.41, 5.74) is 5.58. The number of primary amides is 1. The first kappa shape index (κ1) is 13.2. The Morgan fingerprint density at radius 1 is 1.33 bits per heavy atom. The van der Waals surface area contributed by atoms with Gasteiger partial charge in [0.25, 0.3) is 0 Å². The predicted molar refractivity (Wildman–Crippen MR) is 75.9 cm³/mol. The standard InChI is InChI=1S/C15H13FN4O/c1-15(14(17)21,9-3-2-6-18-7-9)11-4-5-12-10(13(11)16)8-19-20-12/h2-8H,1H3,(H2,17,21)(H,19,20). The molecule has 1 amide bonds. The van der Waals surface area contributed by atoms with Crippen molar-refractivity contribution in [1.82, 2.24) is 15.2 Å². The molecule has 0 saturated heterocycles. The van der Waals surface area contributed by atoms with Crippen molar-refractivity contribution in [2.45, 2.75) is 12.3 Å². The molecule has 0 spiro atoms. The number of aromatic amines is 1. The lowest BCUT2D eigenvalue weighted by Gasteiger charge is -2.27. The van der Waals surface area contributed by atoms with E-state index in [1.807, 2.05) is 0 Å². The summed E-state index contributed by atoms with van der Waals surface area (Å²) in [7, 11) is 0. The van der Waals surface area contributed by atoms with Crippen LogP contribution in [0.3, 0.4) is 0 Å². The van der Waals surface area contributed by atoms with Crippen LogP contribution in [-0.2, 0) is 10.2 Å². The average Bonchev–Trinajstić information content (AvgIpc) is 2.97. The second-order valence-corrected chi connectivity index (χ2v) is 4.99. The third kappa shape index (κ3) is 1.87. The number of carbonyl (C=O) groups is 1. The van der Waals surface area contributed by atoms with Crippen molar-refractivity contribution in [3.8, 4) is 0 Å². The number of fused-ring (bicyclic) bond motifs is 1. The van der Waals surface area contributed by atoms with E-state index in [0.717, 1.165) is 0 Å². The van der Waals surface area contributed by atoms with Crippen molar-refractivity contribution in [3.05, 3.63) is 59.8 Å². The van der Waals surface area contributed by atoms with Gasteiger partial charge in [-0.2, -0.15) is 5.10 Å². The zero-order valence-electron chi connectivity index (χ0n) is 11.3. The summed E-state index contributed by atoms with van der Waals surface area (Å²) in [5.74, 6) is -1.15. The van der Waals surface area contributed by atoms with Crippen molar-refractivity contribution >= 4 is 16.8 Å². The topological polar surface area (TPSA) is 84.7 Å². The lowest BCUT2D eigenvalue weighted by atomic mass is 9.75. The quantitative estimate of drug-likeness (QED) is 0.770. The molecule has 0 radical (unpaired) electrons. The fraction of sp³-hybridized carbons (Fsp3) is 0.133. The largest absolute Gasteiger partial charge is 0.369 e. The van der Waals surface area contributed by atoms with Crippen LogP contribution >= 0.6 is 0 Å². The molecule has 0 aliphatic carbocycles. The first-order valence-corrected chi connectivity index (χ1v) is 6.37. The number of nitrogens with two attached hydrogens (primary N) is 1. The molecule has 1 aromatic carbocycles. The summed E-state index contributed by atoms with van der Waals surface area (Å²) < 4.78 is 14.8. The molecule has 0 fully saturated rings. The molecule has 6 heteroatoms. The number of nitrogens with one attached hydrogen (secondary N) is 1. The van der Waals surface area contributed by atoms with E-state index in [-0.39, 0.29) is 5.56 Å². The molecule has 1 atom stereocenters. The highest BCUT2D eigenvalue weighted by Crippen LogP contribution is 2.35. The molecule has 2 aromatic heterocycles. The highest BCUT2D eigenvalue weighted by Gasteiger charge is 2.38. The maximum atomic E-state index is 14.8. The average molecular weight is 284 g/mol. The summed E-state index contributed by atoms with van der Waals surface area (Å²) in [6.07, 6.45) is 4.49. The Morgan fingerprint density at radius 2 is 2.14 bits per heavy atom. The normalized spacial score (nSPS) is 14.0. The van der Waals surface area contributed by atoms with Gasteiger partial charge in [0.15, 0.2) is 0 Å². The van der Waals surface area contributed by atoms with Gasteiger partial charge in [-0.3, -0.25) is 14.9 Å². The van der Waals surface area contributed by atoms with E-state index in [2.05, 4.69) is 15.2 Å². The predicted octanol–water partition coefficient (Wildman–Crippen LogP) is 1.89. The fourth-order valence-electron chi connectivity index (χ4n) is 2.46. The Kier molecular flexibility index (Phi) is 2.94. The molecule has 0 bridgehead atoms. The highest BCUT2D eigenvalue weighted by atomic mass is 19.1. The summed E-state index contributed by atoms with van der Waals surface area (Å²) >= 11 is 0. The molecule has 21 heavy (non-hydrogen) atoms. The van der Waals surface area contributed by atoms with E-state index in [9.17, 15) is 9.18 Å². The monoisotopic (exact) mass is 284 g/mol. The Hall–Kier alpha value is -2.76. The van der Waals surface area contributed by atoms with Crippen LogP contribution in [0.25, 0.3) is 10.9 Å². The van der Waals surface area contributed by atoms with Gasteiger partial charge in [-0.05, 0) is 24.6 Å². The molecule has 3 rings (SSSR count). The molecule has 1 unspecified atom stereocenters. The second-order valence-electron chi connectivity index (χ2n) is 4.99. The number of nitrogens with zero attached hydrogens (tertiary/aromatic N) is 2. The second kappa shape index (κ2) is 4.66. The fourth-order valence-corrected chi connectivity index (χ4v) is 2.46. The van der Waals surface area contributed by atoms with Crippen molar-refractivity contribution in [1.29, 1.82) is 0 Å². The molecule has 3 N–H and O–H groups in total. The number of halogens is 1. The summed E-state index contributed by atoms with van der Waals surface area (Å²) in [5, 5.41) is 6.82. The van der Waals surface area contributed by atoms with E-state index >= 15 is 0 Å². The van der Waals surface area contributed by atoms with Crippen molar-refractivity contribution in [2.75, 3.05) is 0 Å². The van der Waals surface area contributed by atoms with Crippen LogP contribution in [0, 0.1) is 5.82 Å². The minimum Gasteiger partial charge on any atom is -0.369 e. The smallest absolute Gasteiger partial charge is 0.232 e. The molecule has 0 saturated carbocycles. The van der Waals surface area contributed by atoms with Crippen LogP contribution < -0.4 is 5.73 Å². The van der Waals surface area contributed by atoms with Crippen molar-refractivity contribution in [3.63, 3.8) is 0 Å². The molecular formula is C15H13FN4O. The van der Waals surface area contributed by atoms with E-state index < -0.39 is 17.1 Å². The lowest BCUT2D eigenvalue weighted by Crippen LogP contribution is -2.40. The summed E-state index contributed by atoms with van der Waals surface area (Å²) in [6.45, 7) is 1.59. The number of amides is 1. The Morgan fingerprint density at radius 3 is 2.81 bits per heavy atom. The molecule has 0 aliphatic rings. The lowest BCUT2D eigenvalue weighted by molar-refractivity contribution is -0.121. The number of hydrogen-bond donors (Lipinski definition) is 2. The molecule has 3 aromatic rings. The van der Waals surface area contributed by atoms with Gasteiger partial charge in [0.05, 0.1) is 17.1 Å². The third-order valence-corrected chi connectivity index (χ3v) is 3.83. The third-order valence-electron chi connectivity index (χ3n) is 3.83. The van der Waals surface area contributed by atoms with Crippen LogP contribution in [0.5, 0.6) is 0 Å². The molecule has 106 valence electrons. The maximum absolute atomic E-state index is 14.8. The molecule has 2 heterocycles. The SMILES string of the molecule is CC(C(N)=O)(c1cccnc1)c1ccc2[nH]ncc2c1F. The summed E-state index contributed by atoms with van der Waals surface area (Å²) in [6, 6.07) is 6.62. The maximum Gasteiger partial charge on any atom is 0.232 e. The number of benzene rings is 1. The van der Waals surface area contributed by atoms with Crippen LogP contribution in [0.15, 0.2) is 42.9 Å². The Bertz CT molecular complexity index is 815. The number of carbonyl (C=O) groups excluding carboxylic acids is 1. The van der Waals surface area contributed by atoms with E-state index in [1.165, 1.54) is 12.4 Å². The van der Waals surface area contributed by atoms with Crippen LogP contribution in [0.4, 0.5) is 4.39 Å². The van der Waals surface area contributed by atoms with Gasteiger partial charge in [-0.25, -0.2) is 4.39 Å². The molecule has 5 nitrogen and oxygen atoms in total. The van der Waals surface area contributed by atoms with E-state index in [4.69, 9.17) is 5.73 Å². The summed E-state index contributed by atoms with van der Waals surface area (Å²) in [4.78, 5) is 16.0. The molecule has 0 aliphatic heterocycles. The van der Waals surface area contributed by atoms with Gasteiger partial charge in [0.1, 0.15) is 11.2 Å². The first-order chi connectivity index (χ1) is 10.0. The zero-order chi connectivity index (χ0) is 15.0. The van der Waals surface area contributed by atoms with Gasteiger partial charge in [-0.1, -0.05) is 12.1 Å². The van der Waals surface area contributed by atoms with Gasteiger partial charge in [-0.15, -0.1) is 0 Å².